The third-order valence-corrected chi connectivity index (χ3v) is 2.99. The molecular formula is C12H21NO4. The molecule has 0 spiro atoms. The molecule has 1 fully saturated rings. The summed E-state index contributed by atoms with van der Waals surface area (Å²) in [6, 6.07) is 0. The van der Waals surface area contributed by atoms with Crippen LogP contribution in [0.3, 0.4) is 0 Å². The lowest BCUT2D eigenvalue weighted by molar-refractivity contribution is -0.141. The number of aliphatic carboxylic acids is 1. The molecule has 2 N–H and O–H groups in total. The van der Waals surface area contributed by atoms with E-state index in [0.29, 0.717) is 25.8 Å². The Morgan fingerprint density at radius 1 is 1.53 bits per heavy atom. The molecular weight excluding hydrogens is 222 g/mol. The molecule has 0 aromatic heterocycles. The van der Waals surface area contributed by atoms with Crippen molar-refractivity contribution in [1.82, 2.24) is 5.32 Å². The highest BCUT2D eigenvalue weighted by atomic mass is 16.5. The molecule has 1 heterocycles. The van der Waals surface area contributed by atoms with E-state index in [1.165, 1.54) is 0 Å². The molecule has 0 aliphatic carbocycles. The lowest BCUT2D eigenvalue weighted by Crippen LogP contribution is -2.28. The Kier molecular flexibility index (Phi) is 5.97. The maximum Gasteiger partial charge on any atom is 0.306 e. The lowest BCUT2D eigenvalue weighted by atomic mass is 10.1. The number of carboxylic acid groups (broad SMARTS) is 1. The van der Waals surface area contributed by atoms with E-state index >= 15 is 0 Å². The molecule has 5 heteroatoms. The van der Waals surface area contributed by atoms with Gasteiger partial charge in [0, 0.05) is 13.2 Å². The van der Waals surface area contributed by atoms with E-state index in [-0.39, 0.29) is 17.9 Å². The van der Waals surface area contributed by atoms with Crippen LogP contribution in [0.4, 0.5) is 0 Å². The fourth-order valence-corrected chi connectivity index (χ4v) is 1.84. The van der Waals surface area contributed by atoms with Gasteiger partial charge in [0.25, 0.3) is 0 Å². The van der Waals surface area contributed by atoms with E-state index in [0.717, 1.165) is 19.4 Å². The number of carboxylic acids is 1. The van der Waals surface area contributed by atoms with E-state index < -0.39 is 5.97 Å². The van der Waals surface area contributed by atoms with Crippen molar-refractivity contribution in [1.29, 1.82) is 0 Å². The summed E-state index contributed by atoms with van der Waals surface area (Å²) < 4.78 is 5.36. The maximum absolute atomic E-state index is 11.5. The van der Waals surface area contributed by atoms with Crippen LogP contribution in [0, 0.1) is 5.92 Å². The van der Waals surface area contributed by atoms with Gasteiger partial charge in [0.05, 0.1) is 18.4 Å². The molecule has 0 aromatic rings. The minimum Gasteiger partial charge on any atom is -0.481 e. The second kappa shape index (κ2) is 7.27. The number of carbonyl (C=O) groups is 2. The predicted molar refractivity (Wildman–Crippen MR) is 62.6 cm³/mol. The van der Waals surface area contributed by atoms with E-state index in [1.54, 1.807) is 6.92 Å². The first-order chi connectivity index (χ1) is 8.09. The fourth-order valence-electron chi connectivity index (χ4n) is 1.84. The Morgan fingerprint density at radius 2 is 2.29 bits per heavy atom. The van der Waals surface area contributed by atoms with Gasteiger partial charge in [-0.1, -0.05) is 6.92 Å². The van der Waals surface area contributed by atoms with E-state index in [1.807, 2.05) is 0 Å². The number of carbonyl (C=O) groups excluding carboxylic acids is 1. The molecule has 5 nitrogen and oxygen atoms in total. The molecule has 2 atom stereocenters. The third kappa shape index (κ3) is 5.68. The third-order valence-electron chi connectivity index (χ3n) is 2.99. The molecule has 17 heavy (non-hydrogen) atoms. The quantitative estimate of drug-likeness (QED) is 0.658. The SMILES string of the molecule is CC(CCCNC(=O)CC1CCCO1)C(=O)O. The molecule has 1 amide bonds. The Hall–Kier alpha value is -1.10. The summed E-state index contributed by atoms with van der Waals surface area (Å²) >= 11 is 0. The van der Waals surface area contributed by atoms with Crippen LogP contribution in [-0.4, -0.2) is 36.2 Å². The summed E-state index contributed by atoms with van der Waals surface area (Å²) in [7, 11) is 0. The number of nitrogens with one attached hydrogen (secondary N) is 1. The Morgan fingerprint density at radius 3 is 2.88 bits per heavy atom. The van der Waals surface area contributed by atoms with Crippen LogP contribution in [0.25, 0.3) is 0 Å². The van der Waals surface area contributed by atoms with Gasteiger partial charge in [0.2, 0.25) is 5.91 Å². The fraction of sp³-hybridized carbons (Fsp3) is 0.833. The summed E-state index contributed by atoms with van der Waals surface area (Å²) in [4.78, 5) is 22.0. The summed E-state index contributed by atoms with van der Waals surface area (Å²) in [6.45, 7) is 2.98. The molecule has 0 radical (unpaired) electrons. The highest BCUT2D eigenvalue weighted by Crippen LogP contribution is 2.14. The zero-order chi connectivity index (χ0) is 12.7. The standard InChI is InChI=1S/C12H21NO4/c1-9(12(15)16)4-2-6-13-11(14)8-10-5-3-7-17-10/h9-10H,2-8H2,1H3,(H,13,14)(H,15,16). The first-order valence-corrected chi connectivity index (χ1v) is 6.20. The minimum atomic E-state index is -0.782. The van der Waals surface area contributed by atoms with Crippen LogP contribution >= 0.6 is 0 Å². The largest absolute Gasteiger partial charge is 0.481 e. The van der Waals surface area contributed by atoms with Crippen molar-refractivity contribution in [3.05, 3.63) is 0 Å². The molecule has 1 saturated heterocycles. The number of hydrogen-bond donors (Lipinski definition) is 2. The number of rotatable bonds is 7. The summed E-state index contributed by atoms with van der Waals surface area (Å²) in [5.74, 6) is -1.12. The van der Waals surface area contributed by atoms with Crippen LogP contribution in [0.1, 0.15) is 39.0 Å². The van der Waals surface area contributed by atoms with Gasteiger partial charge in [-0.15, -0.1) is 0 Å². The van der Waals surface area contributed by atoms with Crippen molar-refractivity contribution in [3.8, 4) is 0 Å². The zero-order valence-electron chi connectivity index (χ0n) is 10.3. The van der Waals surface area contributed by atoms with Gasteiger partial charge in [0.1, 0.15) is 0 Å². The van der Waals surface area contributed by atoms with Gasteiger partial charge >= 0.3 is 5.97 Å². The molecule has 0 aromatic carbocycles. The smallest absolute Gasteiger partial charge is 0.306 e. The molecule has 0 bridgehead atoms. The molecule has 98 valence electrons. The Labute approximate surface area is 102 Å². The highest BCUT2D eigenvalue weighted by Gasteiger charge is 2.18. The van der Waals surface area contributed by atoms with Crippen molar-refractivity contribution < 1.29 is 19.4 Å². The van der Waals surface area contributed by atoms with Gasteiger partial charge in [-0.2, -0.15) is 0 Å². The second-order valence-electron chi connectivity index (χ2n) is 4.57. The van der Waals surface area contributed by atoms with Gasteiger partial charge in [-0.25, -0.2) is 0 Å². The molecule has 0 saturated carbocycles. The van der Waals surface area contributed by atoms with Gasteiger partial charge in [-0.3, -0.25) is 9.59 Å². The van der Waals surface area contributed by atoms with Crippen molar-refractivity contribution >= 4 is 11.9 Å². The van der Waals surface area contributed by atoms with Crippen LogP contribution in [0.2, 0.25) is 0 Å². The van der Waals surface area contributed by atoms with Crippen LogP contribution in [0.15, 0.2) is 0 Å². The van der Waals surface area contributed by atoms with Crippen LogP contribution in [-0.2, 0) is 14.3 Å². The van der Waals surface area contributed by atoms with E-state index in [9.17, 15) is 9.59 Å². The van der Waals surface area contributed by atoms with Crippen molar-refractivity contribution in [2.45, 2.75) is 45.1 Å². The van der Waals surface area contributed by atoms with Crippen LogP contribution < -0.4 is 5.32 Å². The maximum atomic E-state index is 11.5. The van der Waals surface area contributed by atoms with Gasteiger partial charge < -0.3 is 15.2 Å². The number of ether oxygens (including phenoxy) is 1. The van der Waals surface area contributed by atoms with E-state index in [4.69, 9.17) is 9.84 Å². The molecule has 1 aliphatic rings. The van der Waals surface area contributed by atoms with Crippen molar-refractivity contribution in [2.75, 3.05) is 13.2 Å². The Bertz CT molecular complexity index is 261. The first-order valence-electron chi connectivity index (χ1n) is 6.20. The summed E-state index contributed by atoms with van der Waals surface area (Å²) in [5, 5.41) is 11.5. The van der Waals surface area contributed by atoms with Crippen LogP contribution in [0.5, 0.6) is 0 Å². The van der Waals surface area contributed by atoms with Crippen molar-refractivity contribution in [3.63, 3.8) is 0 Å². The zero-order valence-corrected chi connectivity index (χ0v) is 10.3. The molecule has 1 rings (SSSR count). The topological polar surface area (TPSA) is 75.6 Å². The summed E-state index contributed by atoms with van der Waals surface area (Å²) in [5.41, 5.74) is 0. The lowest BCUT2D eigenvalue weighted by Gasteiger charge is -2.10. The van der Waals surface area contributed by atoms with Crippen molar-refractivity contribution in [2.24, 2.45) is 5.92 Å². The molecule has 2 unspecified atom stereocenters. The first kappa shape index (κ1) is 14.0. The van der Waals surface area contributed by atoms with Gasteiger partial charge in [-0.05, 0) is 25.7 Å². The second-order valence-corrected chi connectivity index (χ2v) is 4.57. The molecule has 1 aliphatic heterocycles. The monoisotopic (exact) mass is 243 g/mol. The normalized spacial score (nSPS) is 21.1. The van der Waals surface area contributed by atoms with E-state index in [2.05, 4.69) is 5.32 Å². The van der Waals surface area contributed by atoms with Gasteiger partial charge in [0.15, 0.2) is 0 Å². The minimum absolute atomic E-state index is 0.000113. The number of hydrogen-bond acceptors (Lipinski definition) is 3. The highest BCUT2D eigenvalue weighted by molar-refractivity contribution is 5.76. The average Bonchev–Trinajstić information content (AvgIpc) is 2.76. The predicted octanol–water partition coefficient (Wildman–Crippen LogP) is 1.17. The Balaban J connectivity index is 2.01. The number of amides is 1. The summed E-state index contributed by atoms with van der Waals surface area (Å²) in [6.07, 6.45) is 3.79. The average molecular weight is 243 g/mol.